The van der Waals surface area contributed by atoms with Gasteiger partial charge in [-0.25, -0.2) is 0 Å². The molecule has 0 aliphatic carbocycles. The van der Waals surface area contributed by atoms with Crippen LogP contribution in [0.3, 0.4) is 0 Å². The third-order valence-corrected chi connectivity index (χ3v) is 5.50. The molecule has 1 N–H and O–H groups in total. The average molecular weight is 322 g/mol. The topological polar surface area (TPSA) is 87.2 Å². The maximum Gasteiger partial charge on any atom is 0.303 e. The van der Waals surface area contributed by atoms with Crippen molar-refractivity contribution in [2.45, 2.75) is 58.8 Å². The second kappa shape index (κ2) is 7.53. The molecule has 0 aromatic heterocycles. The molecule has 1 aliphatic heterocycles. The van der Waals surface area contributed by atoms with Gasteiger partial charge in [0.15, 0.2) is 0 Å². The number of carbonyl (C=O) groups is 1. The highest BCUT2D eigenvalue weighted by Gasteiger charge is 2.36. The first kappa shape index (κ1) is 18.3. The molecule has 2 atom stereocenters. The van der Waals surface area contributed by atoms with Gasteiger partial charge in [0, 0.05) is 32.1 Å². The summed E-state index contributed by atoms with van der Waals surface area (Å²) < 4.78 is 33.9. The molecule has 1 fully saturated rings. The highest BCUT2D eigenvalue weighted by molar-refractivity contribution is 7.86. The monoisotopic (exact) mass is 322 g/mol. The maximum atomic E-state index is 12.7. The van der Waals surface area contributed by atoms with E-state index in [0.717, 1.165) is 0 Å². The van der Waals surface area contributed by atoms with Gasteiger partial charge in [-0.1, -0.05) is 0 Å². The first-order chi connectivity index (χ1) is 9.64. The Morgan fingerprint density at radius 3 is 2.29 bits per heavy atom. The van der Waals surface area contributed by atoms with Gasteiger partial charge in [-0.15, -0.1) is 0 Å². The van der Waals surface area contributed by atoms with E-state index in [2.05, 4.69) is 0 Å². The lowest BCUT2D eigenvalue weighted by Crippen LogP contribution is -2.54. The average Bonchev–Trinajstić information content (AvgIpc) is 2.32. The van der Waals surface area contributed by atoms with Crippen LogP contribution in [-0.4, -0.2) is 66.0 Å². The van der Waals surface area contributed by atoms with Gasteiger partial charge >= 0.3 is 5.97 Å². The van der Waals surface area contributed by atoms with E-state index in [-0.39, 0.29) is 31.2 Å². The van der Waals surface area contributed by atoms with Crippen LogP contribution in [-0.2, 0) is 19.7 Å². The lowest BCUT2D eigenvalue weighted by Gasteiger charge is -2.38. The lowest BCUT2D eigenvalue weighted by molar-refractivity contribution is -0.137. The molecule has 0 bridgehead atoms. The molecule has 2 unspecified atom stereocenters. The number of carboxylic acids is 1. The number of nitrogens with zero attached hydrogens (tertiary/aromatic N) is 2. The number of aliphatic carboxylic acids is 1. The summed E-state index contributed by atoms with van der Waals surface area (Å²) in [7, 11) is -3.59. The summed E-state index contributed by atoms with van der Waals surface area (Å²) in [5, 5.41) is 8.69. The van der Waals surface area contributed by atoms with Crippen LogP contribution >= 0.6 is 0 Å². The zero-order chi connectivity index (χ0) is 16.2. The molecular formula is C13H26N2O5S. The zero-order valence-electron chi connectivity index (χ0n) is 13.2. The summed E-state index contributed by atoms with van der Waals surface area (Å²) in [6.07, 6.45) is -0.00950. The molecular weight excluding hydrogens is 296 g/mol. The van der Waals surface area contributed by atoms with E-state index in [1.54, 1.807) is 13.8 Å². The van der Waals surface area contributed by atoms with Gasteiger partial charge in [-0.3, -0.25) is 4.79 Å². The number of rotatable bonds is 7. The van der Waals surface area contributed by atoms with Crippen molar-refractivity contribution in [2.24, 2.45) is 0 Å². The number of carboxylic acid groups (broad SMARTS) is 1. The van der Waals surface area contributed by atoms with Gasteiger partial charge in [0.2, 0.25) is 0 Å². The highest BCUT2D eigenvalue weighted by Crippen LogP contribution is 2.19. The fourth-order valence-electron chi connectivity index (χ4n) is 2.49. The van der Waals surface area contributed by atoms with E-state index in [9.17, 15) is 13.2 Å². The molecule has 8 heteroatoms. The van der Waals surface area contributed by atoms with Gasteiger partial charge in [-0.2, -0.15) is 17.0 Å². The standard InChI is InChI=1S/C13H26N2O5S/c1-10(2)15(7-5-6-13(16)17)21(18,19)14-8-11(3)20-12(4)9-14/h10-12H,5-9H2,1-4H3,(H,16,17). The molecule has 0 amide bonds. The number of morpholine rings is 1. The summed E-state index contributed by atoms with van der Waals surface area (Å²) in [6.45, 7) is 8.16. The van der Waals surface area contributed by atoms with Gasteiger partial charge in [0.05, 0.1) is 12.2 Å². The third kappa shape index (κ3) is 5.21. The predicted octanol–water partition coefficient (Wildman–Crippen LogP) is 0.916. The van der Waals surface area contributed by atoms with Crippen LogP contribution in [0.5, 0.6) is 0 Å². The van der Waals surface area contributed by atoms with Crippen LogP contribution in [0.2, 0.25) is 0 Å². The van der Waals surface area contributed by atoms with Crippen LogP contribution in [0.25, 0.3) is 0 Å². The zero-order valence-corrected chi connectivity index (χ0v) is 14.0. The molecule has 1 rings (SSSR count). The van der Waals surface area contributed by atoms with Crippen LogP contribution in [0, 0.1) is 0 Å². The summed E-state index contributed by atoms with van der Waals surface area (Å²) >= 11 is 0. The Balaban J connectivity index is 2.81. The quantitative estimate of drug-likeness (QED) is 0.753. The second-order valence-electron chi connectivity index (χ2n) is 5.78. The van der Waals surface area contributed by atoms with Crippen molar-refractivity contribution < 1.29 is 23.1 Å². The Kier molecular flexibility index (Phi) is 6.58. The SMILES string of the molecule is CC1CN(S(=O)(=O)N(CCCC(=O)O)C(C)C)CC(C)O1. The van der Waals surface area contributed by atoms with E-state index in [1.165, 1.54) is 8.61 Å². The molecule has 1 aliphatic rings. The first-order valence-corrected chi connectivity index (χ1v) is 8.68. The number of ether oxygens (including phenoxy) is 1. The molecule has 0 spiro atoms. The molecule has 0 aromatic rings. The Hall–Kier alpha value is -0.700. The normalized spacial score (nSPS) is 24.7. The summed E-state index contributed by atoms with van der Waals surface area (Å²) in [6, 6.07) is -0.211. The molecule has 21 heavy (non-hydrogen) atoms. The summed E-state index contributed by atoms with van der Waals surface area (Å²) in [5.41, 5.74) is 0. The molecule has 1 saturated heterocycles. The summed E-state index contributed by atoms with van der Waals surface area (Å²) in [4.78, 5) is 10.6. The smallest absolute Gasteiger partial charge is 0.303 e. The number of hydrogen-bond donors (Lipinski definition) is 1. The van der Waals surface area contributed by atoms with E-state index < -0.39 is 16.2 Å². The highest BCUT2D eigenvalue weighted by atomic mass is 32.2. The minimum absolute atomic E-state index is 0.0331. The Morgan fingerprint density at radius 2 is 1.86 bits per heavy atom. The van der Waals surface area contributed by atoms with E-state index in [0.29, 0.717) is 19.5 Å². The Bertz CT molecular complexity index is 441. The second-order valence-corrected chi connectivity index (χ2v) is 7.66. The van der Waals surface area contributed by atoms with Crippen LogP contribution in [0.15, 0.2) is 0 Å². The van der Waals surface area contributed by atoms with Gasteiger partial charge in [0.25, 0.3) is 10.2 Å². The molecule has 0 radical (unpaired) electrons. The van der Waals surface area contributed by atoms with Crippen molar-refractivity contribution in [3.63, 3.8) is 0 Å². The lowest BCUT2D eigenvalue weighted by atomic mass is 10.3. The van der Waals surface area contributed by atoms with E-state index >= 15 is 0 Å². The molecule has 124 valence electrons. The fourth-order valence-corrected chi connectivity index (χ4v) is 4.48. The van der Waals surface area contributed by atoms with Crippen molar-refractivity contribution in [1.29, 1.82) is 0 Å². The predicted molar refractivity (Wildman–Crippen MR) is 79.2 cm³/mol. The van der Waals surface area contributed by atoms with E-state index in [1.807, 2.05) is 13.8 Å². The van der Waals surface area contributed by atoms with Crippen LogP contribution < -0.4 is 0 Å². The maximum absolute atomic E-state index is 12.7. The van der Waals surface area contributed by atoms with Gasteiger partial charge in [0.1, 0.15) is 0 Å². The fraction of sp³-hybridized carbons (Fsp3) is 0.923. The molecule has 0 aromatic carbocycles. The third-order valence-electron chi connectivity index (χ3n) is 3.35. The van der Waals surface area contributed by atoms with Gasteiger partial charge < -0.3 is 9.84 Å². The van der Waals surface area contributed by atoms with Crippen LogP contribution in [0.1, 0.15) is 40.5 Å². The Labute approximate surface area is 127 Å². The van der Waals surface area contributed by atoms with Crippen molar-refractivity contribution in [2.75, 3.05) is 19.6 Å². The summed E-state index contributed by atoms with van der Waals surface area (Å²) in [5.74, 6) is -0.912. The Morgan fingerprint density at radius 1 is 1.33 bits per heavy atom. The largest absolute Gasteiger partial charge is 0.481 e. The first-order valence-electron chi connectivity index (χ1n) is 7.28. The minimum atomic E-state index is -3.59. The molecule has 1 heterocycles. The van der Waals surface area contributed by atoms with Crippen molar-refractivity contribution in [3.05, 3.63) is 0 Å². The van der Waals surface area contributed by atoms with Crippen molar-refractivity contribution in [1.82, 2.24) is 8.61 Å². The molecule has 7 nitrogen and oxygen atoms in total. The number of hydrogen-bond acceptors (Lipinski definition) is 4. The van der Waals surface area contributed by atoms with Gasteiger partial charge in [-0.05, 0) is 34.1 Å². The van der Waals surface area contributed by atoms with Crippen molar-refractivity contribution in [3.8, 4) is 0 Å². The minimum Gasteiger partial charge on any atom is -0.481 e. The van der Waals surface area contributed by atoms with Crippen molar-refractivity contribution >= 4 is 16.2 Å². The van der Waals surface area contributed by atoms with E-state index in [4.69, 9.17) is 9.84 Å². The van der Waals surface area contributed by atoms with Crippen LogP contribution in [0.4, 0.5) is 0 Å². The molecule has 0 saturated carbocycles.